The molecule has 1 aromatic heterocycles. The molecule has 1 aromatic rings. The molecule has 2 rings (SSSR count). The lowest BCUT2D eigenvalue weighted by Gasteiger charge is -2.18. The highest BCUT2D eigenvalue weighted by Gasteiger charge is 2.18. The van der Waals surface area contributed by atoms with Crippen LogP contribution in [0.15, 0.2) is 12.4 Å². The molecule has 1 saturated heterocycles. The Kier molecular flexibility index (Phi) is 2.78. The zero-order valence-corrected chi connectivity index (χ0v) is 7.99. The van der Waals surface area contributed by atoms with Crippen molar-refractivity contribution in [1.82, 2.24) is 20.2 Å². The van der Waals surface area contributed by atoms with Crippen molar-refractivity contribution in [3.63, 3.8) is 0 Å². The van der Waals surface area contributed by atoms with E-state index >= 15 is 0 Å². The molecule has 1 aliphatic rings. The topological polar surface area (TPSA) is 61.0 Å². The van der Waals surface area contributed by atoms with E-state index in [4.69, 9.17) is 0 Å². The van der Waals surface area contributed by atoms with Crippen molar-refractivity contribution in [1.29, 1.82) is 0 Å². The van der Waals surface area contributed by atoms with Gasteiger partial charge in [-0.25, -0.2) is 4.98 Å². The van der Waals surface area contributed by atoms with E-state index in [9.17, 15) is 4.79 Å². The third-order valence-corrected chi connectivity index (χ3v) is 2.33. The zero-order valence-electron chi connectivity index (χ0n) is 7.99. The summed E-state index contributed by atoms with van der Waals surface area (Å²) in [4.78, 5) is 20.4. The standard InChI is InChI=1S/C9H14N4O/c14-9(8-11-3-4-12-8)13-6-1-2-10-5-7-13/h3-4,10H,1-2,5-7H2,(H,11,12). The number of aromatic nitrogens is 2. The largest absolute Gasteiger partial charge is 0.341 e. The molecular weight excluding hydrogens is 180 g/mol. The van der Waals surface area contributed by atoms with E-state index < -0.39 is 0 Å². The molecule has 5 heteroatoms. The van der Waals surface area contributed by atoms with Gasteiger partial charge in [-0.1, -0.05) is 0 Å². The van der Waals surface area contributed by atoms with E-state index in [1.807, 2.05) is 4.90 Å². The summed E-state index contributed by atoms with van der Waals surface area (Å²) in [5.41, 5.74) is 0. The van der Waals surface area contributed by atoms with Gasteiger partial charge in [0.2, 0.25) is 0 Å². The number of aromatic amines is 1. The molecule has 14 heavy (non-hydrogen) atoms. The van der Waals surface area contributed by atoms with Gasteiger partial charge < -0.3 is 15.2 Å². The Labute approximate surface area is 82.5 Å². The van der Waals surface area contributed by atoms with Crippen molar-refractivity contribution in [3.8, 4) is 0 Å². The summed E-state index contributed by atoms with van der Waals surface area (Å²) in [5.74, 6) is 0.436. The van der Waals surface area contributed by atoms with Crippen molar-refractivity contribution < 1.29 is 4.79 Å². The molecule has 1 amide bonds. The second kappa shape index (κ2) is 4.23. The number of amides is 1. The molecule has 1 aliphatic heterocycles. The lowest BCUT2D eigenvalue weighted by molar-refractivity contribution is 0.0755. The third kappa shape index (κ3) is 1.93. The minimum absolute atomic E-state index is 0.00120. The van der Waals surface area contributed by atoms with Crippen molar-refractivity contribution in [3.05, 3.63) is 18.2 Å². The maximum absolute atomic E-state index is 11.8. The van der Waals surface area contributed by atoms with Crippen LogP contribution in [0.1, 0.15) is 17.0 Å². The van der Waals surface area contributed by atoms with E-state index in [1.54, 1.807) is 12.4 Å². The Hall–Kier alpha value is -1.36. The summed E-state index contributed by atoms with van der Waals surface area (Å²) in [6.45, 7) is 3.43. The van der Waals surface area contributed by atoms with Gasteiger partial charge in [-0.05, 0) is 13.0 Å². The molecule has 0 aliphatic carbocycles. The molecule has 0 atom stereocenters. The van der Waals surface area contributed by atoms with Gasteiger partial charge in [-0.2, -0.15) is 0 Å². The Bertz CT molecular complexity index is 288. The Morgan fingerprint density at radius 2 is 2.36 bits per heavy atom. The van der Waals surface area contributed by atoms with Crippen LogP contribution in [0.4, 0.5) is 0 Å². The van der Waals surface area contributed by atoms with Gasteiger partial charge in [0.1, 0.15) is 0 Å². The van der Waals surface area contributed by atoms with Crippen LogP contribution in [0, 0.1) is 0 Å². The fourth-order valence-electron chi connectivity index (χ4n) is 1.58. The SMILES string of the molecule is O=C(c1ncc[nH]1)N1CCCNCC1. The van der Waals surface area contributed by atoms with Crippen LogP contribution >= 0.6 is 0 Å². The molecule has 0 bridgehead atoms. The minimum Gasteiger partial charge on any atom is -0.341 e. The number of carbonyl (C=O) groups excluding carboxylic acids is 1. The van der Waals surface area contributed by atoms with Crippen LogP contribution in [-0.2, 0) is 0 Å². The van der Waals surface area contributed by atoms with E-state index in [-0.39, 0.29) is 5.91 Å². The molecule has 2 heterocycles. The first-order valence-corrected chi connectivity index (χ1v) is 4.87. The second-order valence-electron chi connectivity index (χ2n) is 3.33. The van der Waals surface area contributed by atoms with Gasteiger partial charge in [-0.3, -0.25) is 4.79 Å². The number of rotatable bonds is 1. The summed E-state index contributed by atoms with van der Waals surface area (Å²) in [6.07, 6.45) is 4.28. The molecule has 0 spiro atoms. The number of nitrogens with zero attached hydrogens (tertiary/aromatic N) is 2. The Morgan fingerprint density at radius 3 is 3.14 bits per heavy atom. The van der Waals surface area contributed by atoms with Crippen molar-refractivity contribution >= 4 is 5.91 Å². The van der Waals surface area contributed by atoms with E-state index in [1.165, 1.54) is 0 Å². The van der Waals surface area contributed by atoms with Gasteiger partial charge in [0.05, 0.1) is 0 Å². The average Bonchev–Trinajstić information content (AvgIpc) is 2.59. The summed E-state index contributed by atoms with van der Waals surface area (Å²) >= 11 is 0. The zero-order chi connectivity index (χ0) is 9.80. The van der Waals surface area contributed by atoms with Gasteiger partial charge in [-0.15, -0.1) is 0 Å². The van der Waals surface area contributed by atoms with E-state index in [0.717, 1.165) is 32.6 Å². The number of hydrogen-bond donors (Lipinski definition) is 2. The van der Waals surface area contributed by atoms with Gasteiger partial charge >= 0.3 is 0 Å². The van der Waals surface area contributed by atoms with Crippen molar-refractivity contribution in [2.75, 3.05) is 26.2 Å². The molecule has 0 radical (unpaired) electrons. The van der Waals surface area contributed by atoms with Crippen LogP contribution in [-0.4, -0.2) is 47.0 Å². The molecule has 0 saturated carbocycles. The predicted molar refractivity (Wildman–Crippen MR) is 52.0 cm³/mol. The molecule has 2 N–H and O–H groups in total. The number of H-pyrrole nitrogens is 1. The molecule has 5 nitrogen and oxygen atoms in total. The highest BCUT2D eigenvalue weighted by molar-refractivity contribution is 5.90. The molecule has 0 aromatic carbocycles. The number of hydrogen-bond acceptors (Lipinski definition) is 3. The summed E-state index contributed by atoms with van der Waals surface area (Å²) < 4.78 is 0. The number of nitrogens with one attached hydrogen (secondary N) is 2. The van der Waals surface area contributed by atoms with Crippen molar-refractivity contribution in [2.45, 2.75) is 6.42 Å². The fourth-order valence-corrected chi connectivity index (χ4v) is 1.58. The number of imidazole rings is 1. The lowest BCUT2D eigenvalue weighted by atomic mass is 10.4. The highest BCUT2D eigenvalue weighted by atomic mass is 16.2. The smallest absolute Gasteiger partial charge is 0.289 e. The van der Waals surface area contributed by atoms with Gasteiger partial charge in [0, 0.05) is 32.0 Å². The normalized spacial score (nSPS) is 17.9. The monoisotopic (exact) mass is 194 g/mol. The minimum atomic E-state index is -0.00120. The van der Waals surface area contributed by atoms with Crippen LogP contribution in [0.5, 0.6) is 0 Å². The predicted octanol–water partition coefficient (Wildman–Crippen LogP) is -0.155. The second-order valence-corrected chi connectivity index (χ2v) is 3.33. The maximum atomic E-state index is 11.8. The average molecular weight is 194 g/mol. The first-order chi connectivity index (χ1) is 6.88. The molecular formula is C9H14N4O. The summed E-state index contributed by atoms with van der Waals surface area (Å²) in [5, 5.41) is 3.25. The lowest BCUT2D eigenvalue weighted by Crippen LogP contribution is -2.34. The van der Waals surface area contributed by atoms with E-state index in [0.29, 0.717) is 5.82 Å². The Balaban J connectivity index is 2.03. The summed E-state index contributed by atoms with van der Waals surface area (Å²) in [7, 11) is 0. The van der Waals surface area contributed by atoms with Crippen LogP contribution in [0.2, 0.25) is 0 Å². The molecule has 76 valence electrons. The molecule has 1 fully saturated rings. The first kappa shape index (κ1) is 9.21. The third-order valence-electron chi connectivity index (χ3n) is 2.33. The molecule has 0 unspecified atom stereocenters. The van der Waals surface area contributed by atoms with Crippen LogP contribution in [0.25, 0.3) is 0 Å². The van der Waals surface area contributed by atoms with Gasteiger partial charge in [0.25, 0.3) is 5.91 Å². The van der Waals surface area contributed by atoms with E-state index in [2.05, 4.69) is 15.3 Å². The summed E-state index contributed by atoms with van der Waals surface area (Å²) in [6, 6.07) is 0. The maximum Gasteiger partial charge on any atom is 0.289 e. The quantitative estimate of drug-likeness (QED) is 0.653. The van der Waals surface area contributed by atoms with Crippen molar-refractivity contribution in [2.24, 2.45) is 0 Å². The van der Waals surface area contributed by atoms with Gasteiger partial charge in [0.15, 0.2) is 5.82 Å². The van der Waals surface area contributed by atoms with Crippen LogP contribution in [0.3, 0.4) is 0 Å². The first-order valence-electron chi connectivity index (χ1n) is 4.87. The van der Waals surface area contributed by atoms with Crippen LogP contribution < -0.4 is 5.32 Å². The fraction of sp³-hybridized carbons (Fsp3) is 0.556. The number of carbonyl (C=O) groups is 1. The Morgan fingerprint density at radius 1 is 1.43 bits per heavy atom. The highest BCUT2D eigenvalue weighted by Crippen LogP contribution is 2.01.